The first-order valence-electron chi connectivity index (χ1n) is 14.9. The Kier molecular flexibility index (Phi) is 41.7. The topological polar surface area (TPSA) is 34.1 Å². The summed E-state index contributed by atoms with van der Waals surface area (Å²) in [7, 11) is 0. The zero-order valence-corrected chi connectivity index (χ0v) is 28.3. The Labute approximate surface area is 244 Å². The molecule has 0 N–H and O–H groups in total. The van der Waals surface area contributed by atoms with Gasteiger partial charge in [-0.2, -0.15) is 0 Å². The third kappa shape index (κ3) is 44.8. The molecular formula is C30H58O2S2Zn. The van der Waals surface area contributed by atoms with E-state index < -0.39 is 0 Å². The first-order chi connectivity index (χ1) is 16.5. The molecule has 2 nitrogen and oxygen atoms in total. The van der Waals surface area contributed by atoms with Crippen LogP contribution in [0.2, 0.25) is 0 Å². The fourth-order valence-corrected chi connectivity index (χ4v) is 4.51. The summed E-state index contributed by atoms with van der Waals surface area (Å²) in [4.78, 5) is 21.1. The van der Waals surface area contributed by atoms with E-state index in [0.29, 0.717) is 12.8 Å². The maximum atomic E-state index is 10.5. The summed E-state index contributed by atoms with van der Waals surface area (Å²) in [6, 6.07) is 0. The van der Waals surface area contributed by atoms with Crippen LogP contribution in [0.4, 0.5) is 0 Å². The molecule has 0 aromatic heterocycles. The zero-order valence-electron chi connectivity index (χ0n) is 23.7. The van der Waals surface area contributed by atoms with E-state index in [0.717, 1.165) is 12.8 Å². The van der Waals surface area contributed by atoms with E-state index in [1.165, 1.54) is 141 Å². The van der Waals surface area contributed by atoms with Crippen LogP contribution in [0.5, 0.6) is 0 Å². The van der Waals surface area contributed by atoms with Crippen molar-refractivity contribution in [2.75, 3.05) is 0 Å². The minimum atomic E-state index is -0.0721. The molecule has 204 valence electrons. The average Bonchev–Trinajstić information content (AvgIpc) is 2.80. The van der Waals surface area contributed by atoms with Crippen LogP contribution in [0.3, 0.4) is 0 Å². The molecule has 0 saturated heterocycles. The molecule has 0 atom stereocenters. The monoisotopic (exact) mass is 578 g/mol. The van der Waals surface area contributed by atoms with Crippen molar-refractivity contribution in [2.45, 2.75) is 181 Å². The van der Waals surface area contributed by atoms with E-state index >= 15 is 0 Å². The van der Waals surface area contributed by atoms with Gasteiger partial charge < -0.3 is 34.8 Å². The van der Waals surface area contributed by atoms with Gasteiger partial charge in [0.05, 0.1) is 0 Å². The van der Waals surface area contributed by atoms with Gasteiger partial charge >= 0.3 is 19.5 Å². The van der Waals surface area contributed by atoms with Gasteiger partial charge in [-0.15, -0.1) is 0 Å². The average molecular weight is 580 g/mol. The van der Waals surface area contributed by atoms with Gasteiger partial charge in [0.25, 0.3) is 0 Å². The Morgan fingerprint density at radius 1 is 0.371 bits per heavy atom. The van der Waals surface area contributed by atoms with Crippen molar-refractivity contribution in [3.05, 3.63) is 0 Å². The maximum absolute atomic E-state index is 10.5. The van der Waals surface area contributed by atoms with E-state index in [1.54, 1.807) is 0 Å². The molecule has 0 aliphatic heterocycles. The summed E-state index contributed by atoms with van der Waals surface area (Å²) >= 11 is 9.04. The third-order valence-corrected chi connectivity index (χ3v) is 6.88. The predicted molar refractivity (Wildman–Crippen MR) is 156 cm³/mol. The molecule has 0 radical (unpaired) electrons. The zero-order chi connectivity index (χ0) is 25.5. The van der Waals surface area contributed by atoms with Gasteiger partial charge in [0.2, 0.25) is 0 Å². The molecule has 0 aromatic carbocycles. The van der Waals surface area contributed by atoms with Crippen LogP contribution < -0.4 is 0 Å². The van der Waals surface area contributed by atoms with Crippen LogP contribution in [0.15, 0.2) is 0 Å². The second-order valence-electron chi connectivity index (χ2n) is 10.0. The Hall–Kier alpha value is 0.403. The Balaban J connectivity index is -0.000000569. The molecule has 0 aliphatic rings. The molecule has 0 aliphatic carbocycles. The Morgan fingerprint density at radius 3 is 0.714 bits per heavy atom. The van der Waals surface area contributed by atoms with Crippen molar-refractivity contribution in [2.24, 2.45) is 0 Å². The molecule has 35 heavy (non-hydrogen) atoms. The van der Waals surface area contributed by atoms with E-state index in [1.807, 2.05) is 0 Å². The first kappa shape index (κ1) is 39.9. The summed E-state index contributed by atoms with van der Waals surface area (Å²) in [5.74, 6) is 0. The van der Waals surface area contributed by atoms with Crippen LogP contribution in [0, 0.1) is 0 Å². The molecule has 0 heterocycles. The minimum absolute atomic E-state index is 0. The van der Waals surface area contributed by atoms with E-state index in [9.17, 15) is 9.59 Å². The Morgan fingerprint density at radius 2 is 0.543 bits per heavy atom. The van der Waals surface area contributed by atoms with Gasteiger partial charge in [-0.25, -0.2) is 0 Å². The molecule has 0 aromatic rings. The van der Waals surface area contributed by atoms with Crippen molar-refractivity contribution in [1.29, 1.82) is 0 Å². The minimum Gasteiger partial charge on any atom is -0.742 e. The number of carbonyl (C=O) groups excluding carboxylic acids is 2. The molecule has 0 rings (SSSR count). The summed E-state index contributed by atoms with van der Waals surface area (Å²) in [5, 5.41) is -0.144. The second-order valence-corrected chi connectivity index (χ2v) is 10.9. The van der Waals surface area contributed by atoms with Crippen LogP contribution in [0.25, 0.3) is 0 Å². The van der Waals surface area contributed by atoms with Crippen LogP contribution in [-0.4, -0.2) is 10.2 Å². The van der Waals surface area contributed by atoms with Crippen molar-refractivity contribution < 1.29 is 29.1 Å². The summed E-state index contributed by atoms with van der Waals surface area (Å²) in [5.41, 5.74) is 0. The van der Waals surface area contributed by atoms with E-state index in [2.05, 4.69) is 39.1 Å². The van der Waals surface area contributed by atoms with E-state index in [4.69, 9.17) is 0 Å². The summed E-state index contributed by atoms with van der Waals surface area (Å²) in [6.07, 6.45) is 33.2. The number of rotatable bonds is 26. The van der Waals surface area contributed by atoms with Gasteiger partial charge in [0, 0.05) is 10.2 Å². The number of hydrogen-bond acceptors (Lipinski definition) is 4. The first-order valence-corrected chi connectivity index (χ1v) is 15.8. The quantitative estimate of drug-likeness (QED) is 0.0579. The van der Waals surface area contributed by atoms with Crippen molar-refractivity contribution in [3.63, 3.8) is 0 Å². The molecule has 0 amide bonds. The normalized spacial score (nSPS) is 10.3. The van der Waals surface area contributed by atoms with Crippen LogP contribution in [0.1, 0.15) is 181 Å². The smallest absolute Gasteiger partial charge is 0.742 e. The van der Waals surface area contributed by atoms with Gasteiger partial charge in [0.15, 0.2) is 0 Å². The molecule has 0 unspecified atom stereocenters. The molecular weight excluding hydrogens is 522 g/mol. The van der Waals surface area contributed by atoms with Gasteiger partial charge in [0.1, 0.15) is 0 Å². The molecule has 0 fully saturated rings. The van der Waals surface area contributed by atoms with Gasteiger partial charge in [-0.1, -0.05) is 155 Å². The summed E-state index contributed by atoms with van der Waals surface area (Å²) in [6.45, 7) is 4.53. The molecule has 0 saturated carbocycles. The molecule has 5 heteroatoms. The van der Waals surface area contributed by atoms with Crippen molar-refractivity contribution in [1.82, 2.24) is 0 Å². The third-order valence-electron chi connectivity index (χ3n) is 6.47. The fourth-order valence-electron chi connectivity index (χ4n) is 4.22. The number of unbranched alkanes of at least 4 members (excludes halogenated alkanes) is 22. The van der Waals surface area contributed by atoms with Crippen molar-refractivity contribution in [3.8, 4) is 0 Å². The Bertz CT molecular complexity index is 381. The largest absolute Gasteiger partial charge is 2.00 e. The number of hydrogen-bond donors (Lipinski definition) is 0. The molecule has 0 spiro atoms. The predicted octanol–water partition coefficient (Wildman–Crippen LogP) is 10.3. The summed E-state index contributed by atoms with van der Waals surface area (Å²) < 4.78 is 0. The van der Waals surface area contributed by atoms with Gasteiger partial charge in [-0.05, 0) is 25.7 Å². The SMILES string of the molecule is CCCCCCCCCCCCCCC(=O)[S-].CCCCCCCCCCCCCCC(=O)[S-].[Zn+2]. The van der Waals surface area contributed by atoms with Gasteiger partial charge in [-0.3, -0.25) is 0 Å². The number of carbonyl (C=O) groups is 2. The van der Waals surface area contributed by atoms with E-state index in [-0.39, 0.29) is 29.7 Å². The van der Waals surface area contributed by atoms with Crippen LogP contribution in [-0.2, 0) is 54.3 Å². The standard InChI is InChI=1S/2C15H30OS.Zn/c2*1-2-3-4-5-6-7-8-9-10-11-12-13-14-15(16)17;/h2*2-14H2,1H3,(H,16,17);/q;;+2/p-2. The fraction of sp³-hybridized carbons (Fsp3) is 0.933. The van der Waals surface area contributed by atoms with Crippen LogP contribution >= 0.6 is 0 Å². The second kappa shape index (κ2) is 36.6. The van der Waals surface area contributed by atoms with Crippen molar-refractivity contribution >= 4 is 35.5 Å². The maximum Gasteiger partial charge on any atom is 2.00 e. The molecule has 0 bridgehead atoms.